The van der Waals surface area contributed by atoms with Gasteiger partial charge in [-0.2, -0.15) is 0 Å². The number of nitrogens with one attached hydrogen (secondary N) is 2. The van der Waals surface area contributed by atoms with Crippen molar-refractivity contribution in [1.82, 2.24) is 4.98 Å². The van der Waals surface area contributed by atoms with Gasteiger partial charge in [-0.15, -0.1) is 0 Å². The van der Waals surface area contributed by atoms with Crippen LogP contribution in [0, 0.1) is 10.1 Å². The Hall–Kier alpha value is -3.11. The highest BCUT2D eigenvalue weighted by molar-refractivity contribution is 7.91. The van der Waals surface area contributed by atoms with E-state index in [2.05, 4.69) is 10.3 Å². The fraction of sp³-hybridized carbons (Fsp3) is 0.118. The number of aromatic hydroxyl groups is 1. The van der Waals surface area contributed by atoms with Crippen molar-refractivity contribution in [1.29, 1.82) is 0 Å². The monoisotopic (exact) mass is 423 g/mol. The van der Waals surface area contributed by atoms with Crippen LogP contribution >= 0.6 is 11.6 Å². The molecule has 0 bridgehead atoms. The summed E-state index contributed by atoms with van der Waals surface area (Å²) in [5, 5.41) is 24.7. The molecule has 3 N–H and O–H groups in total. The van der Waals surface area contributed by atoms with Crippen LogP contribution in [0.25, 0.3) is 10.9 Å². The second-order valence-corrected chi connectivity index (χ2v) is 8.58. The van der Waals surface area contributed by atoms with E-state index in [1.54, 1.807) is 18.2 Å². The molecule has 28 heavy (non-hydrogen) atoms. The predicted octanol–water partition coefficient (Wildman–Crippen LogP) is 3.48. The number of hydrogen-bond donors (Lipinski definition) is 3. The van der Waals surface area contributed by atoms with Gasteiger partial charge in [0.25, 0.3) is 5.91 Å². The van der Waals surface area contributed by atoms with E-state index >= 15 is 0 Å². The zero-order chi connectivity index (χ0) is 20.6. The molecule has 0 fully saturated rings. The average Bonchev–Trinajstić information content (AvgIpc) is 3.06. The smallest absolute Gasteiger partial charge is 0.314 e. The Morgan fingerprint density at radius 1 is 1.29 bits per heavy atom. The van der Waals surface area contributed by atoms with Crippen LogP contribution in [-0.4, -0.2) is 35.1 Å². The molecule has 0 spiro atoms. The van der Waals surface area contributed by atoms with Gasteiger partial charge in [-0.1, -0.05) is 18.5 Å². The Morgan fingerprint density at radius 3 is 2.64 bits per heavy atom. The number of rotatable bonds is 5. The van der Waals surface area contributed by atoms with Crippen molar-refractivity contribution in [3.05, 3.63) is 57.2 Å². The number of phenols is 1. The number of halogens is 1. The Kier molecular flexibility index (Phi) is 5.01. The summed E-state index contributed by atoms with van der Waals surface area (Å²) >= 11 is 5.91. The molecule has 146 valence electrons. The molecule has 0 saturated carbocycles. The summed E-state index contributed by atoms with van der Waals surface area (Å²) in [7, 11) is -3.81. The largest absolute Gasteiger partial charge is 0.501 e. The van der Waals surface area contributed by atoms with Gasteiger partial charge < -0.3 is 15.4 Å². The van der Waals surface area contributed by atoms with Gasteiger partial charge in [-0.3, -0.25) is 14.9 Å². The van der Waals surface area contributed by atoms with Crippen molar-refractivity contribution in [3.63, 3.8) is 0 Å². The zero-order valence-electron chi connectivity index (χ0n) is 14.4. The summed E-state index contributed by atoms with van der Waals surface area (Å²) in [5.41, 5.74) is -0.480. The minimum Gasteiger partial charge on any atom is -0.501 e. The second kappa shape index (κ2) is 7.13. The highest BCUT2D eigenvalue weighted by atomic mass is 35.5. The second-order valence-electron chi connectivity index (χ2n) is 5.87. The number of fused-ring (bicyclic) bond motifs is 1. The number of nitrogens with zero attached hydrogens (tertiary/aromatic N) is 1. The molecule has 0 atom stereocenters. The van der Waals surface area contributed by atoms with E-state index < -0.39 is 32.1 Å². The lowest BCUT2D eigenvalue weighted by atomic mass is 10.2. The number of hydrogen-bond acceptors (Lipinski definition) is 6. The number of benzene rings is 2. The van der Waals surface area contributed by atoms with E-state index in [1.807, 2.05) is 0 Å². The molecule has 3 rings (SSSR count). The number of carbonyl (C=O) groups excluding carboxylic acids is 1. The lowest BCUT2D eigenvalue weighted by Crippen LogP contribution is -2.14. The number of carbonyl (C=O) groups is 1. The minimum absolute atomic E-state index is 0.100. The number of sulfone groups is 1. The van der Waals surface area contributed by atoms with Gasteiger partial charge in [0, 0.05) is 22.0 Å². The number of aromatic amines is 1. The molecule has 1 heterocycles. The molecule has 0 aliphatic carbocycles. The predicted molar refractivity (Wildman–Crippen MR) is 104 cm³/mol. The first-order valence-electron chi connectivity index (χ1n) is 7.96. The summed E-state index contributed by atoms with van der Waals surface area (Å²) in [6.45, 7) is 1.38. The molecule has 3 aromatic rings. The first-order valence-corrected chi connectivity index (χ1v) is 9.99. The third-order valence-electron chi connectivity index (χ3n) is 4.07. The fourth-order valence-electron chi connectivity index (χ4n) is 2.59. The maximum atomic E-state index is 12.5. The topological polar surface area (TPSA) is 142 Å². The van der Waals surface area contributed by atoms with Crippen LogP contribution in [-0.2, 0) is 9.84 Å². The van der Waals surface area contributed by atoms with Crippen LogP contribution in [0.1, 0.15) is 17.4 Å². The Balaban J connectivity index is 2.04. The van der Waals surface area contributed by atoms with Gasteiger partial charge >= 0.3 is 5.69 Å². The van der Waals surface area contributed by atoms with Crippen LogP contribution in [0.3, 0.4) is 0 Å². The van der Waals surface area contributed by atoms with Crippen molar-refractivity contribution in [2.75, 3.05) is 11.1 Å². The summed E-state index contributed by atoms with van der Waals surface area (Å²) in [6, 6.07) is 8.20. The third-order valence-corrected chi connectivity index (χ3v) is 6.02. The number of phenolic OH excluding ortho intramolecular Hbond substituents is 1. The van der Waals surface area contributed by atoms with Gasteiger partial charge in [0.1, 0.15) is 5.69 Å². The average molecular weight is 424 g/mol. The molecule has 0 unspecified atom stereocenters. The fourth-order valence-corrected chi connectivity index (χ4v) is 3.69. The van der Waals surface area contributed by atoms with Crippen LogP contribution in [0.5, 0.6) is 5.75 Å². The van der Waals surface area contributed by atoms with E-state index in [0.29, 0.717) is 15.9 Å². The van der Waals surface area contributed by atoms with Gasteiger partial charge in [-0.05, 0) is 30.3 Å². The highest BCUT2D eigenvalue weighted by Crippen LogP contribution is 2.37. The number of nitro benzene ring substituents is 1. The number of aromatic nitrogens is 1. The normalized spacial score (nSPS) is 11.5. The van der Waals surface area contributed by atoms with Crippen LogP contribution in [0.15, 0.2) is 41.3 Å². The molecule has 1 amide bonds. The van der Waals surface area contributed by atoms with Crippen LogP contribution in [0.4, 0.5) is 11.4 Å². The van der Waals surface area contributed by atoms with E-state index in [9.17, 15) is 28.4 Å². The molecular formula is C17H14ClN3O6S. The third kappa shape index (κ3) is 3.64. The first kappa shape index (κ1) is 19.6. The minimum atomic E-state index is -3.81. The van der Waals surface area contributed by atoms with Gasteiger partial charge in [-0.25, -0.2) is 8.42 Å². The molecule has 11 heteroatoms. The van der Waals surface area contributed by atoms with Gasteiger partial charge in [0.15, 0.2) is 9.84 Å². The summed E-state index contributed by atoms with van der Waals surface area (Å²) < 4.78 is 24.2. The first-order chi connectivity index (χ1) is 13.1. The van der Waals surface area contributed by atoms with Crippen molar-refractivity contribution >= 4 is 49.6 Å². The summed E-state index contributed by atoms with van der Waals surface area (Å²) in [5.74, 6) is -1.86. The number of amides is 1. The van der Waals surface area contributed by atoms with Crippen LogP contribution in [0.2, 0.25) is 5.02 Å². The molecule has 0 aliphatic heterocycles. The molecule has 0 radical (unpaired) electrons. The summed E-state index contributed by atoms with van der Waals surface area (Å²) in [6.07, 6.45) is 0. The van der Waals surface area contributed by atoms with Crippen molar-refractivity contribution < 1.29 is 23.2 Å². The lowest BCUT2D eigenvalue weighted by molar-refractivity contribution is -0.386. The van der Waals surface area contributed by atoms with Gasteiger partial charge in [0.2, 0.25) is 5.75 Å². The number of H-pyrrole nitrogens is 1. The maximum Gasteiger partial charge on any atom is 0.314 e. The molecular weight excluding hydrogens is 410 g/mol. The number of nitro groups is 1. The quantitative estimate of drug-likeness (QED) is 0.325. The molecule has 0 saturated heterocycles. The Labute approximate surface area is 164 Å². The van der Waals surface area contributed by atoms with Gasteiger partial charge in [0.05, 0.1) is 21.3 Å². The van der Waals surface area contributed by atoms with Crippen molar-refractivity contribution in [2.45, 2.75) is 11.8 Å². The SMILES string of the molecule is CCS(=O)(=O)c1cc(NC(=O)c2cc3cc(Cl)ccc3[nH]2)c(O)c([N+](=O)[O-])c1. The molecule has 9 nitrogen and oxygen atoms in total. The van der Waals surface area contributed by atoms with Crippen LogP contribution < -0.4 is 5.32 Å². The standard InChI is InChI=1S/C17H14ClN3O6S/c1-2-28(26,27)11-7-13(16(22)15(8-11)21(24)25)20-17(23)14-6-9-5-10(18)3-4-12(9)19-14/h3-8,19,22H,2H2,1H3,(H,20,23). The molecule has 2 aromatic carbocycles. The van der Waals surface area contributed by atoms with E-state index in [0.717, 1.165) is 12.1 Å². The van der Waals surface area contributed by atoms with E-state index in [4.69, 9.17) is 11.6 Å². The highest BCUT2D eigenvalue weighted by Gasteiger charge is 2.25. The zero-order valence-corrected chi connectivity index (χ0v) is 16.0. The Morgan fingerprint density at radius 2 is 2.00 bits per heavy atom. The van der Waals surface area contributed by atoms with Crippen molar-refractivity contribution in [2.24, 2.45) is 0 Å². The van der Waals surface area contributed by atoms with Crippen molar-refractivity contribution in [3.8, 4) is 5.75 Å². The van der Waals surface area contributed by atoms with E-state index in [1.165, 1.54) is 13.0 Å². The molecule has 0 aliphatic rings. The maximum absolute atomic E-state index is 12.5. The number of anilines is 1. The Bertz CT molecular complexity index is 1220. The van der Waals surface area contributed by atoms with E-state index in [-0.39, 0.29) is 22.0 Å². The lowest BCUT2D eigenvalue weighted by Gasteiger charge is -2.10. The molecule has 1 aromatic heterocycles. The summed E-state index contributed by atoms with van der Waals surface area (Å²) in [4.78, 5) is 25.2.